The minimum atomic E-state index is -0.618. The van der Waals surface area contributed by atoms with E-state index in [1.54, 1.807) is 7.11 Å². The molecule has 2 bridgehead atoms. The number of hydrogen-bond donors (Lipinski definition) is 1. The van der Waals surface area contributed by atoms with Crippen molar-refractivity contribution in [2.75, 3.05) is 13.7 Å². The van der Waals surface area contributed by atoms with Crippen molar-refractivity contribution in [2.45, 2.75) is 58.0 Å². The molecule has 0 aromatic carbocycles. The quantitative estimate of drug-likeness (QED) is 0.759. The third kappa shape index (κ3) is 2.85. The van der Waals surface area contributed by atoms with Crippen molar-refractivity contribution >= 4 is 5.97 Å². The molecule has 20 heavy (non-hydrogen) atoms. The van der Waals surface area contributed by atoms with Crippen LogP contribution in [0, 0.1) is 11.3 Å². The van der Waals surface area contributed by atoms with Gasteiger partial charge in [0.25, 0.3) is 0 Å². The van der Waals surface area contributed by atoms with E-state index >= 15 is 0 Å². The molecule has 3 saturated carbocycles. The average Bonchev–Trinajstić information content (AvgIpc) is 2.45. The molecule has 0 aromatic rings. The number of ether oxygens (including phenoxy) is 2. The Balaban J connectivity index is 1.91. The molecule has 0 saturated heterocycles. The van der Waals surface area contributed by atoms with Gasteiger partial charge in [0.15, 0.2) is 0 Å². The van der Waals surface area contributed by atoms with Crippen molar-refractivity contribution in [1.82, 2.24) is 0 Å². The van der Waals surface area contributed by atoms with E-state index in [1.165, 1.54) is 0 Å². The molecule has 3 rings (SSSR count). The first-order valence-corrected chi connectivity index (χ1v) is 7.54. The molecule has 1 N–H and O–H groups in total. The van der Waals surface area contributed by atoms with Gasteiger partial charge in [0, 0.05) is 5.92 Å². The lowest BCUT2D eigenvalue weighted by Gasteiger charge is -2.50. The zero-order valence-corrected chi connectivity index (χ0v) is 12.8. The first-order valence-electron chi connectivity index (χ1n) is 7.54. The van der Waals surface area contributed by atoms with Crippen LogP contribution in [0.4, 0.5) is 0 Å². The molecular formula is C16H26O4. The van der Waals surface area contributed by atoms with Crippen LogP contribution in [-0.2, 0) is 14.3 Å². The van der Waals surface area contributed by atoms with Gasteiger partial charge in [-0.15, -0.1) is 0 Å². The summed E-state index contributed by atoms with van der Waals surface area (Å²) in [6.45, 7) is 4.74. The molecule has 0 heterocycles. The molecule has 114 valence electrons. The summed E-state index contributed by atoms with van der Waals surface area (Å²) in [5, 5.41) is 9.37. The molecule has 4 nitrogen and oxygen atoms in total. The van der Waals surface area contributed by atoms with Gasteiger partial charge in [0.1, 0.15) is 0 Å². The third-order valence-electron chi connectivity index (χ3n) is 5.11. The van der Waals surface area contributed by atoms with Crippen molar-refractivity contribution in [2.24, 2.45) is 11.3 Å². The van der Waals surface area contributed by atoms with E-state index in [0.717, 1.165) is 44.3 Å². The summed E-state index contributed by atoms with van der Waals surface area (Å²) in [7, 11) is 1.69. The predicted molar refractivity (Wildman–Crippen MR) is 76.4 cm³/mol. The zero-order valence-electron chi connectivity index (χ0n) is 12.8. The van der Waals surface area contributed by atoms with Crippen LogP contribution in [0.1, 0.15) is 52.4 Å². The number of methoxy groups -OCH3 is 1. The largest absolute Gasteiger partial charge is 0.501 e. The maximum atomic E-state index is 11.4. The van der Waals surface area contributed by atoms with Crippen molar-refractivity contribution < 1.29 is 19.4 Å². The van der Waals surface area contributed by atoms with E-state index in [-0.39, 0.29) is 5.60 Å². The number of aliphatic carboxylic acids is 1. The number of hydrogen-bond acceptors (Lipinski definition) is 3. The maximum Gasteiger partial charge on any atom is 0.309 e. The molecule has 0 spiro atoms. The van der Waals surface area contributed by atoms with Crippen LogP contribution in [-0.4, -0.2) is 30.4 Å². The van der Waals surface area contributed by atoms with Crippen LogP contribution in [0.25, 0.3) is 0 Å². The second kappa shape index (κ2) is 5.76. The molecule has 3 aliphatic rings. The summed E-state index contributed by atoms with van der Waals surface area (Å²) >= 11 is 0. The second-order valence-electron chi connectivity index (χ2n) is 6.54. The fourth-order valence-electron chi connectivity index (χ4n) is 3.54. The monoisotopic (exact) mass is 282 g/mol. The first-order chi connectivity index (χ1) is 9.43. The minimum absolute atomic E-state index is 0.0937. The van der Waals surface area contributed by atoms with Crippen LogP contribution in [0.3, 0.4) is 0 Å². The number of allylic oxidation sites excluding steroid dienone is 1. The van der Waals surface area contributed by atoms with Crippen molar-refractivity contribution in [1.29, 1.82) is 0 Å². The number of carbonyl (C=O) groups is 1. The summed E-state index contributed by atoms with van der Waals surface area (Å²) in [5.41, 5.74) is -0.555. The highest BCUT2D eigenvalue weighted by molar-refractivity contribution is 5.75. The van der Waals surface area contributed by atoms with Crippen LogP contribution < -0.4 is 0 Å². The molecule has 3 fully saturated rings. The van der Waals surface area contributed by atoms with Crippen LogP contribution >= 0.6 is 0 Å². The van der Waals surface area contributed by atoms with Gasteiger partial charge in [-0.25, -0.2) is 0 Å². The standard InChI is InChI=1S/C16H26O4/c1-12(2)13(19-3)4-11-20-16-8-5-15(6-9-16,7-10-16)14(17)18/h4,12H,5-11H2,1-3H3,(H,17,18)/b13-4+. The zero-order chi connectivity index (χ0) is 14.8. The van der Waals surface area contributed by atoms with Gasteiger partial charge in [-0.3, -0.25) is 4.79 Å². The van der Waals surface area contributed by atoms with E-state index < -0.39 is 11.4 Å². The summed E-state index contributed by atoms with van der Waals surface area (Å²) < 4.78 is 11.4. The molecule has 0 unspecified atom stereocenters. The van der Waals surface area contributed by atoms with Crippen molar-refractivity contribution in [3.05, 3.63) is 11.8 Å². The number of fused-ring (bicyclic) bond motifs is 3. The summed E-state index contributed by atoms with van der Waals surface area (Å²) in [4.78, 5) is 11.4. The molecule has 0 aromatic heterocycles. The molecule has 0 amide bonds. The SMILES string of the molecule is CO/C(=C/COC12CCC(C(=O)O)(CC1)CC2)C(C)C. The van der Waals surface area contributed by atoms with E-state index in [9.17, 15) is 9.90 Å². The van der Waals surface area contributed by atoms with Gasteiger partial charge in [0.05, 0.1) is 30.5 Å². The molecular weight excluding hydrogens is 256 g/mol. The lowest BCUT2D eigenvalue weighted by Crippen LogP contribution is -2.50. The molecule has 0 aliphatic heterocycles. The Hall–Kier alpha value is -1.03. The molecule has 0 atom stereocenters. The Bertz CT molecular complexity index is 373. The Morgan fingerprint density at radius 2 is 1.75 bits per heavy atom. The summed E-state index contributed by atoms with van der Waals surface area (Å²) in [6, 6.07) is 0. The van der Waals surface area contributed by atoms with E-state index in [1.807, 2.05) is 6.08 Å². The highest BCUT2D eigenvalue weighted by Gasteiger charge is 2.53. The van der Waals surface area contributed by atoms with E-state index in [2.05, 4.69) is 13.8 Å². The fourth-order valence-corrected chi connectivity index (χ4v) is 3.54. The Labute approximate surface area is 121 Å². The van der Waals surface area contributed by atoms with Crippen molar-refractivity contribution in [3.63, 3.8) is 0 Å². The van der Waals surface area contributed by atoms with E-state index in [4.69, 9.17) is 9.47 Å². The summed E-state index contributed by atoms with van der Waals surface area (Å²) in [5.74, 6) is 0.693. The summed E-state index contributed by atoms with van der Waals surface area (Å²) in [6.07, 6.45) is 6.90. The third-order valence-corrected chi connectivity index (χ3v) is 5.11. The van der Waals surface area contributed by atoms with Crippen molar-refractivity contribution in [3.8, 4) is 0 Å². The lowest BCUT2D eigenvalue weighted by atomic mass is 9.58. The van der Waals surface area contributed by atoms with E-state index in [0.29, 0.717) is 12.5 Å². The van der Waals surface area contributed by atoms with Gasteiger partial charge >= 0.3 is 5.97 Å². The lowest BCUT2D eigenvalue weighted by molar-refractivity contribution is -0.171. The van der Waals surface area contributed by atoms with Gasteiger partial charge in [-0.1, -0.05) is 13.8 Å². The first kappa shape index (κ1) is 15.4. The smallest absolute Gasteiger partial charge is 0.309 e. The number of carboxylic acid groups (broad SMARTS) is 1. The van der Waals surface area contributed by atoms with Gasteiger partial charge in [0.2, 0.25) is 0 Å². The second-order valence-corrected chi connectivity index (χ2v) is 6.54. The molecule has 4 heteroatoms. The highest BCUT2D eigenvalue weighted by Crippen LogP contribution is 2.53. The average molecular weight is 282 g/mol. The maximum absolute atomic E-state index is 11.4. The van der Waals surface area contributed by atoms with Gasteiger partial charge < -0.3 is 14.6 Å². The Kier molecular flexibility index (Phi) is 4.43. The Morgan fingerprint density at radius 1 is 1.20 bits per heavy atom. The van der Waals surface area contributed by atoms with Crippen LogP contribution in [0.15, 0.2) is 11.8 Å². The van der Waals surface area contributed by atoms with Crippen LogP contribution in [0.2, 0.25) is 0 Å². The fraction of sp³-hybridized carbons (Fsp3) is 0.812. The highest BCUT2D eigenvalue weighted by atomic mass is 16.5. The number of carboxylic acids is 1. The van der Waals surface area contributed by atoms with Gasteiger partial charge in [-0.05, 0) is 44.6 Å². The van der Waals surface area contributed by atoms with Crippen LogP contribution in [0.5, 0.6) is 0 Å². The molecule has 0 radical (unpaired) electrons. The van der Waals surface area contributed by atoms with Gasteiger partial charge in [-0.2, -0.15) is 0 Å². The molecule has 3 aliphatic carbocycles. The normalized spacial score (nSPS) is 33.5. The topological polar surface area (TPSA) is 55.8 Å². The number of rotatable bonds is 6. The predicted octanol–water partition coefficient (Wildman–Crippen LogP) is 3.37. The Morgan fingerprint density at radius 3 is 2.15 bits per heavy atom. The minimum Gasteiger partial charge on any atom is -0.501 e.